The Morgan fingerprint density at radius 2 is 1.90 bits per heavy atom. The summed E-state index contributed by atoms with van der Waals surface area (Å²) >= 11 is 1.53. The molecule has 0 fully saturated rings. The lowest BCUT2D eigenvalue weighted by Gasteiger charge is -2.11. The van der Waals surface area contributed by atoms with Crippen LogP contribution >= 0.6 is 11.3 Å². The fourth-order valence-electron chi connectivity index (χ4n) is 3.03. The van der Waals surface area contributed by atoms with Crippen LogP contribution < -0.4 is 14.3 Å². The molecule has 0 aliphatic rings. The van der Waals surface area contributed by atoms with Crippen molar-refractivity contribution in [2.45, 2.75) is 6.54 Å². The molecule has 0 aliphatic carbocycles. The number of aromatic nitrogens is 2. The lowest BCUT2D eigenvalue weighted by Crippen LogP contribution is -2.12. The van der Waals surface area contributed by atoms with E-state index in [1.54, 1.807) is 32.8 Å². The van der Waals surface area contributed by atoms with Crippen molar-refractivity contribution in [3.05, 3.63) is 94.4 Å². The molecule has 0 saturated carbocycles. The summed E-state index contributed by atoms with van der Waals surface area (Å²) in [5.74, 6) is 1.44. The first-order valence-electron chi connectivity index (χ1n) is 9.70. The number of methoxy groups -OCH3 is 2. The molecule has 0 amide bonds. The van der Waals surface area contributed by atoms with Crippen LogP contribution in [0.5, 0.6) is 11.5 Å². The number of thiazole rings is 1. The minimum Gasteiger partial charge on any atom is -0.497 e. The molecule has 2 aromatic carbocycles. The molecule has 0 N–H and O–H groups in total. The molecular weight excluding hydrogens is 408 g/mol. The van der Waals surface area contributed by atoms with E-state index in [0.717, 1.165) is 32.9 Å². The highest BCUT2D eigenvalue weighted by molar-refractivity contribution is 7.07. The largest absolute Gasteiger partial charge is 0.497 e. The summed E-state index contributed by atoms with van der Waals surface area (Å²) in [5, 5.41) is 6.76. The maximum absolute atomic E-state index is 5.62. The fourth-order valence-corrected chi connectivity index (χ4v) is 3.86. The molecule has 0 saturated heterocycles. The van der Waals surface area contributed by atoms with Crippen LogP contribution in [-0.4, -0.2) is 30.1 Å². The topological polar surface area (TPSA) is 61.0 Å². The maximum Gasteiger partial charge on any atom is 0.206 e. The van der Waals surface area contributed by atoms with Crippen molar-refractivity contribution >= 4 is 17.6 Å². The predicted molar refractivity (Wildman–Crippen MR) is 124 cm³/mol. The number of hydrogen-bond acceptors (Lipinski definition) is 6. The van der Waals surface area contributed by atoms with Gasteiger partial charge >= 0.3 is 0 Å². The van der Waals surface area contributed by atoms with Gasteiger partial charge in [-0.15, -0.1) is 11.3 Å². The molecule has 156 valence electrons. The van der Waals surface area contributed by atoms with Crippen molar-refractivity contribution < 1.29 is 9.47 Å². The van der Waals surface area contributed by atoms with Crippen LogP contribution in [0.15, 0.2) is 88.5 Å². The van der Waals surface area contributed by atoms with Crippen molar-refractivity contribution in [3.8, 4) is 22.8 Å². The van der Waals surface area contributed by atoms with Crippen LogP contribution in [0.4, 0.5) is 0 Å². The van der Waals surface area contributed by atoms with Gasteiger partial charge in [-0.3, -0.25) is 9.98 Å². The summed E-state index contributed by atoms with van der Waals surface area (Å²) < 4.78 is 12.8. The highest BCUT2D eigenvalue weighted by atomic mass is 32.1. The Bertz CT molecular complexity index is 1230. The Morgan fingerprint density at radius 3 is 2.65 bits per heavy atom. The number of benzene rings is 2. The van der Waals surface area contributed by atoms with Crippen molar-refractivity contribution in [2.24, 2.45) is 10.1 Å². The second-order valence-electron chi connectivity index (χ2n) is 6.61. The molecule has 7 heteroatoms. The zero-order valence-corrected chi connectivity index (χ0v) is 18.1. The number of hydrogen-bond donors (Lipinski definition) is 0. The minimum absolute atomic E-state index is 0.572. The predicted octanol–water partition coefficient (Wildman–Crippen LogP) is 4.61. The van der Waals surface area contributed by atoms with Gasteiger partial charge < -0.3 is 9.47 Å². The lowest BCUT2D eigenvalue weighted by molar-refractivity contribution is 0.395. The third-order valence-corrected chi connectivity index (χ3v) is 5.47. The Labute approximate surface area is 184 Å². The van der Waals surface area contributed by atoms with Crippen molar-refractivity contribution in [1.29, 1.82) is 0 Å². The van der Waals surface area contributed by atoms with Gasteiger partial charge in [0.05, 0.1) is 32.7 Å². The molecule has 0 atom stereocenters. The first-order chi connectivity index (χ1) is 15.3. The summed E-state index contributed by atoms with van der Waals surface area (Å²) in [6.07, 6.45) is 5.29. The van der Waals surface area contributed by atoms with Crippen molar-refractivity contribution in [3.63, 3.8) is 0 Å². The SMILES string of the molecule is COc1ccc(-c2csc(=NCc3ccccc3)n2N=Cc2cccnc2)c(OC)c1. The molecule has 4 aromatic rings. The van der Waals surface area contributed by atoms with E-state index < -0.39 is 0 Å². The molecule has 2 heterocycles. The molecule has 0 spiro atoms. The second kappa shape index (κ2) is 9.86. The average molecular weight is 431 g/mol. The second-order valence-corrected chi connectivity index (χ2v) is 7.45. The van der Waals surface area contributed by atoms with Crippen LogP contribution in [0.3, 0.4) is 0 Å². The van der Waals surface area contributed by atoms with E-state index in [2.05, 4.69) is 17.1 Å². The van der Waals surface area contributed by atoms with E-state index in [9.17, 15) is 0 Å². The van der Waals surface area contributed by atoms with E-state index in [1.165, 1.54) is 11.3 Å². The smallest absolute Gasteiger partial charge is 0.206 e. The molecule has 0 radical (unpaired) electrons. The Hall–Kier alpha value is -3.71. The summed E-state index contributed by atoms with van der Waals surface area (Å²) in [4.78, 5) is 9.75. The van der Waals surface area contributed by atoms with Crippen LogP contribution in [0.1, 0.15) is 11.1 Å². The quantitative estimate of drug-likeness (QED) is 0.402. The van der Waals surface area contributed by atoms with Gasteiger partial charge in [0.25, 0.3) is 0 Å². The van der Waals surface area contributed by atoms with Crippen LogP contribution in [-0.2, 0) is 6.54 Å². The zero-order chi connectivity index (χ0) is 21.5. The standard InChI is InChI=1S/C24H22N4O2S/c1-29-20-10-11-21(23(13-20)30-2)22-17-31-24(26-15-18-7-4-3-5-8-18)28(22)27-16-19-9-6-12-25-14-19/h3-14,16-17H,15H2,1-2H3. The Kier molecular flexibility index (Phi) is 6.54. The lowest BCUT2D eigenvalue weighted by atomic mass is 10.1. The van der Waals surface area contributed by atoms with Crippen molar-refractivity contribution in [2.75, 3.05) is 14.2 Å². The maximum atomic E-state index is 5.62. The zero-order valence-electron chi connectivity index (χ0n) is 17.3. The van der Waals surface area contributed by atoms with Gasteiger partial charge in [-0.25, -0.2) is 4.68 Å². The minimum atomic E-state index is 0.572. The third kappa shape index (κ3) is 4.90. The van der Waals surface area contributed by atoms with E-state index in [1.807, 2.05) is 58.6 Å². The Balaban J connectivity index is 1.80. The number of rotatable bonds is 7. The molecule has 6 nitrogen and oxygen atoms in total. The summed E-state index contributed by atoms with van der Waals surface area (Å²) in [6.45, 7) is 0.572. The van der Waals surface area contributed by atoms with E-state index in [0.29, 0.717) is 12.3 Å². The average Bonchev–Trinajstić information content (AvgIpc) is 3.24. The summed E-state index contributed by atoms with van der Waals surface area (Å²) in [5.41, 5.74) is 3.84. The van der Waals surface area contributed by atoms with Gasteiger partial charge in [0.15, 0.2) is 0 Å². The monoisotopic (exact) mass is 430 g/mol. The number of nitrogens with zero attached hydrogens (tertiary/aromatic N) is 4. The number of ether oxygens (including phenoxy) is 2. The van der Waals surface area contributed by atoms with Crippen LogP contribution in [0, 0.1) is 0 Å². The van der Waals surface area contributed by atoms with Gasteiger partial charge in [-0.2, -0.15) is 5.10 Å². The summed E-state index contributed by atoms with van der Waals surface area (Å²) in [6, 6.07) is 19.7. The molecular formula is C24H22N4O2S. The molecule has 0 unspecified atom stereocenters. The fraction of sp³-hybridized carbons (Fsp3) is 0.125. The summed E-state index contributed by atoms with van der Waals surface area (Å²) in [7, 11) is 3.28. The highest BCUT2D eigenvalue weighted by Gasteiger charge is 2.13. The van der Waals surface area contributed by atoms with Gasteiger partial charge in [0.2, 0.25) is 4.80 Å². The van der Waals surface area contributed by atoms with E-state index >= 15 is 0 Å². The number of pyridine rings is 1. The van der Waals surface area contributed by atoms with Gasteiger partial charge in [-0.05, 0) is 23.8 Å². The molecule has 0 bridgehead atoms. The highest BCUT2D eigenvalue weighted by Crippen LogP contribution is 2.33. The van der Waals surface area contributed by atoms with Crippen LogP contribution in [0.2, 0.25) is 0 Å². The van der Waals surface area contributed by atoms with Crippen molar-refractivity contribution in [1.82, 2.24) is 9.66 Å². The van der Waals surface area contributed by atoms with E-state index in [4.69, 9.17) is 19.6 Å². The molecule has 31 heavy (non-hydrogen) atoms. The van der Waals surface area contributed by atoms with Gasteiger partial charge in [0, 0.05) is 35.0 Å². The Morgan fingerprint density at radius 1 is 1.03 bits per heavy atom. The van der Waals surface area contributed by atoms with Gasteiger partial charge in [-0.1, -0.05) is 36.4 Å². The van der Waals surface area contributed by atoms with Gasteiger partial charge in [0.1, 0.15) is 11.5 Å². The molecule has 0 aliphatic heterocycles. The molecule has 2 aromatic heterocycles. The first-order valence-corrected chi connectivity index (χ1v) is 10.6. The molecule has 4 rings (SSSR count). The third-order valence-electron chi connectivity index (χ3n) is 4.62. The van der Waals surface area contributed by atoms with Crippen LogP contribution in [0.25, 0.3) is 11.3 Å². The first kappa shape index (κ1) is 20.6. The normalized spacial score (nSPS) is 11.7. The van der Waals surface area contributed by atoms with E-state index in [-0.39, 0.29) is 0 Å².